The summed E-state index contributed by atoms with van der Waals surface area (Å²) in [4.78, 5) is 0. The van der Waals surface area contributed by atoms with Crippen molar-refractivity contribution in [2.24, 2.45) is 5.92 Å². The van der Waals surface area contributed by atoms with Crippen molar-refractivity contribution in [1.82, 2.24) is 5.32 Å². The third kappa shape index (κ3) is 4.00. The second kappa shape index (κ2) is 5.91. The predicted molar refractivity (Wildman–Crippen MR) is 89.8 cm³/mol. The second-order valence-electron chi connectivity index (χ2n) is 7.66. The highest BCUT2D eigenvalue weighted by molar-refractivity contribution is 6.30. The minimum Gasteiger partial charge on any atom is -0.368 e. The van der Waals surface area contributed by atoms with Gasteiger partial charge < -0.3 is 10.1 Å². The average molecular weight is 310 g/mol. The van der Waals surface area contributed by atoms with Crippen molar-refractivity contribution in [3.05, 3.63) is 34.9 Å². The van der Waals surface area contributed by atoms with Crippen molar-refractivity contribution in [3.8, 4) is 0 Å². The lowest BCUT2D eigenvalue weighted by Crippen LogP contribution is -2.46. The van der Waals surface area contributed by atoms with Crippen LogP contribution < -0.4 is 5.32 Å². The second-order valence-corrected chi connectivity index (χ2v) is 8.10. The Hall–Kier alpha value is -0.570. The van der Waals surface area contributed by atoms with E-state index in [1.54, 1.807) is 0 Å². The van der Waals surface area contributed by atoms with Gasteiger partial charge in [-0.2, -0.15) is 0 Å². The third-order valence-electron chi connectivity index (χ3n) is 4.35. The molecule has 0 radical (unpaired) electrons. The van der Waals surface area contributed by atoms with Gasteiger partial charge in [-0.1, -0.05) is 37.6 Å². The van der Waals surface area contributed by atoms with Crippen LogP contribution in [-0.4, -0.2) is 17.2 Å². The van der Waals surface area contributed by atoms with Crippen LogP contribution in [0.3, 0.4) is 0 Å². The number of ether oxygens (including phenoxy) is 1. The summed E-state index contributed by atoms with van der Waals surface area (Å²) in [6.07, 6.45) is 1.02. The first-order valence-corrected chi connectivity index (χ1v) is 8.20. The summed E-state index contributed by atoms with van der Waals surface area (Å²) in [5.74, 6) is 0.505. The molecule has 0 spiro atoms. The van der Waals surface area contributed by atoms with Gasteiger partial charge in [0.15, 0.2) is 0 Å². The monoisotopic (exact) mass is 309 g/mol. The first kappa shape index (κ1) is 16.8. The van der Waals surface area contributed by atoms with Crippen molar-refractivity contribution in [1.29, 1.82) is 0 Å². The molecule has 1 heterocycles. The van der Waals surface area contributed by atoms with Crippen LogP contribution in [0.4, 0.5) is 0 Å². The molecule has 2 atom stereocenters. The molecule has 1 aliphatic rings. The standard InChI is InChI=1S/C18H28ClNO/c1-12(2)16(13-7-9-14(19)10-8-13)20-15-11-17(3,4)21-18(15,5)6/h7-10,12,15-16,20H,11H2,1-6H3. The van der Waals surface area contributed by atoms with Gasteiger partial charge in [0, 0.05) is 17.1 Å². The van der Waals surface area contributed by atoms with Gasteiger partial charge in [0.1, 0.15) is 0 Å². The molecule has 118 valence electrons. The van der Waals surface area contributed by atoms with Gasteiger partial charge in [-0.15, -0.1) is 0 Å². The molecule has 2 nitrogen and oxygen atoms in total. The molecular weight excluding hydrogens is 282 g/mol. The SMILES string of the molecule is CC(C)C(NC1CC(C)(C)OC1(C)C)c1ccc(Cl)cc1. The number of rotatable bonds is 4. The summed E-state index contributed by atoms with van der Waals surface area (Å²) in [6, 6.07) is 8.82. The summed E-state index contributed by atoms with van der Waals surface area (Å²) in [7, 11) is 0. The molecule has 2 rings (SSSR count). The molecule has 1 aliphatic heterocycles. The van der Waals surface area contributed by atoms with Gasteiger partial charge >= 0.3 is 0 Å². The molecule has 1 aromatic rings. The molecule has 0 amide bonds. The van der Waals surface area contributed by atoms with Crippen LogP contribution >= 0.6 is 11.6 Å². The fourth-order valence-electron chi connectivity index (χ4n) is 3.38. The van der Waals surface area contributed by atoms with Gasteiger partial charge in [0.25, 0.3) is 0 Å². The Labute approximate surface area is 134 Å². The number of halogens is 1. The fraction of sp³-hybridized carbons (Fsp3) is 0.667. The molecule has 0 bridgehead atoms. The quantitative estimate of drug-likeness (QED) is 0.847. The van der Waals surface area contributed by atoms with E-state index in [-0.39, 0.29) is 11.2 Å². The van der Waals surface area contributed by atoms with E-state index in [2.05, 4.69) is 59.0 Å². The first-order chi connectivity index (χ1) is 9.61. The molecule has 0 saturated carbocycles. The maximum absolute atomic E-state index is 6.20. The van der Waals surface area contributed by atoms with Crippen LogP contribution in [0.2, 0.25) is 5.02 Å². The highest BCUT2D eigenvalue weighted by atomic mass is 35.5. The van der Waals surface area contributed by atoms with E-state index in [1.807, 2.05) is 12.1 Å². The highest BCUT2D eigenvalue weighted by Crippen LogP contribution is 2.39. The highest BCUT2D eigenvalue weighted by Gasteiger charge is 2.46. The summed E-state index contributed by atoms with van der Waals surface area (Å²) < 4.78 is 6.20. The molecule has 0 aliphatic carbocycles. The molecule has 3 heteroatoms. The van der Waals surface area contributed by atoms with E-state index < -0.39 is 0 Å². The van der Waals surface area contributed by atoms with Crippen LogP contribution in [0.1, 0.15) is 59.6 Å². The number of benzene rings is 1. The number of nitrogens with one attached hydrogen (secondary N) is 1. The zero-order chi connectivity index (χ0) is 15.8. The lowest BCUT2D eigenvalue weighted by Gasteiger charge is -2.33. The van der Waals surface area contributed by atoms with Crippen molar-refractivity contribution >= 4 is 11.6 Å². The number of hydrogen-bond acceptors (Lipinski definition) is 2. The Morgan fingerprint density at radius 3 is 2.14 bits per heavy atom. The van der Waals surface area contributed by atoms with Gasteiger partial charge in [-0.05, 0) is 57.7 Å². The van der Waals surface area contributed by atoms with Crippen molar-refractivity contribution in [2.45, 2.75) is 71.2 Å². The minimum absolute atomic E-state index is 0.0668. The van der Waals surface area contributed by atoms with E-state index in [4.69, 9.17) is 16.3 Å². The zero-order valence-corrected chi connectivity index (χ0v) is 14.8. The van der Waals surface area contributed by atoms with E-state index in [0.717, 1.165) is 11.4 Å². The van der Waals surface area contributed by atoms with Crippen LogP contribution in [0.15, 0.2) is 24.3 Å². The molecule has 1 N–H and O–H groups in total. The van der Waals surface area contributed by atoms with Gasteiger partial charge in [0.05, 0.1) is 11.2 Å². The van der Waals surface area contributed by atoms with E-state index in [0.29, 0.717) is 18.0 Å². The zero-order valence-electron chi connectivity index (χ0n) is 14.0. The van der Waals surface area contributed by atoms with Gasteiger partial charge in [-0.25, -0.2) is 0 Å². The minimum atomic E-state index is -0.150. The fourth-order valence-corrected chi connectivity index (χ4v) is 3.51. The molecular formula is C18H28ClNO. The molecule has 1 saturated heterocycles. The Morgan fingerprint density at radius 1 is 1.14 bits per heavy atom. The molecule has 2 unspecified atom stereocenters. The summed E-state index contributed by atoms with van der Waals surface area (Å²) in [5, 5.41) is 4.61. The topological polar surface area (TPSA) is 21.3 Å². The summed E-state index contributed by atoms with van der Waals surface area (Å²) in [6.45, 7) is 13.2. The molecule has 0 aromatic heterocycles. The maximum atomic E-state index is 6.20. The van der Waals surface area contributed by atoms with Crippen molar-refractivity contribution < 1.29 is 4.74 Å². The van der Waals surface area contributed by atoms with E-state index in [1.165, 1.54) is 5.56 Å². The molecule has 1 aromatic carbocycles. The lowest BCUT2D eigenvalue weighted by atomic mass is 9.89. The molecule has 1 fully saturated rings. The first-order valence-electron chi connectivity index (χ1n) is 7.82. The van der Waals surface area contributed by atoms with Gasteiger partial charge in [-0.3, -0.25) is 0 Å². The third-order valence-corrected chi connectivity index (χ3v) is 4.60. The van der Waals surface area contributed by atoms with E-state index in [9.17, 15) is 0 Å². The lowest BCUT2D eigenvalue weighted by molar-refractivity contribution is -0.0707. The largest absolute Gasteiger partial charge is 0.368 e. The van der Waals surface area contributed by atoms with Crippen molar-refractivity contribution in [2.75, 3.05) is 0 Å². The average Bonchev–Trinajstić information content (AvgIpc) is 2.55. The van der Waals surface area contributed by atoms with Gasteiger partial charge in [0.2, 0.25) is 0 Å². The Morgan fingerprint density at radius 2 is 1.71 bits per heavy atom. The van der Waals surface area contributed by atoms with Crippen LogP contribution in [-0.2, 0) is 4.74 Å². The van der Waals surface area contributed by atoms with Crippen LogP contribution in [0.25, 0.3) is 0 Å². The van der Waals surface area contributed by atoms with E-state index >= 15 is 0 Å². The smallest absolute Gasteiger partial charge is 0.0787 e. The Balaban J connectivity index is 2.19. The summed E-state index contributed by atoms with van der Waals surface area (Å²) >= 11 is 6.01. The Kier molecular flexibility index (Phi) is 4.72. The van der Waals surface area contributed by atoms with Crippen LogP contribution in [0.5, 0.6) is 0 Å². The molecule has 21 heavy (non-hydrogen) atoms. The van der Waals surface area contributed by atoms with Crippen molar-refractivity contribution in [3.63, 3.8) is 0 Å². The maximum Gasteiger partial charge on any atom is 0.0787 e. The predicted octanol–water partition coefficient (Wildman–Crippen LogP) is 4.97. The summed E-state index contributed by atoms with van der Waals surface area (Å²) in [5.41, 5.74) is 1.07. The Bertz CT molecular complexity index is 478. The normalized spacial score (nSPS) is 25.2. The van der Waals surface area contributed by atoms with Crippen LogP contribution in [0, 0.1) is 5.92 Å². The number of hydrogen-bond donors (Lipinski definition) is 1.